The highest BCUT2D eigenvalue weighted by atomic mass is 32.1. The van der Waals surface area contributed by atoms with Crippen LogP contribution in [0.3, 0.4) is 0 Å². The van der Waals surface area contributed by atoms with Crippen LogP contribution in [-0.4, -0.2) is 19.8 Å². The second-order valence-electron chi connectivity index (χ2n) is 3.85. The Balaban J connectivity index is 2.22. The molecule has 2 aromatic rings. The highest BCUT2D eigenvalue weighted by Crippen LogP contribution is 2.22. The van der Waals surface area contributed by atoms with Crippen LogP contribution in [0.15, 0.2) is 0 Å². The van der Waals surface area contributed by atoms with Gasteiger partial charge in [0.05, 0.1) is 6.04 Å². The topological polar surface area (TPSA) is 69.1 Å². The molecular weight excluding hydrogens is 222 g/mol. The summed E-state index contributed by atoms with van der Waals surface area (Å²) in [7, 11) is 0. The van der Waals surface area contributed by atoms with E-state index in [9.17, 15) is 0 Å². The van der Waals surface area contributed by atoms with E-state index in [1.54, 1.807) is 11.3 Å². The maximum Gasteiger partial charge on any atom is 0.234 e. The van der Waals surface area contributed by atoms with Crippen molar-refractivity contribution >= 4 is 16.3 Å². The fourth-order valence-corrected chi connectivity index (χ4v) is 2.48. The Morgan fingerprint density at radius 2 is 2.19 bits per heavy atom. The second kappa shape index (κ2) is 4.88. The van der Waals surface area contributed by atoms with Gasteiger partial charge in [-0.2, -0.15) is 9.61 Å². The summed E-state index contributed by atoms with van der Waals surface area (Å²) in [6, 6.07) is 0.0383. The molecule has 0 aliphatic heterocycles. The van der Waals surface area contributed by atoms with Crippen LogP contribution in [0.5, 0.6) is 0 Å². The van der Waals surface area contributed by atoms with Crippen molar-refractivity contribution in [1.29, 1.82) is 0 Å². The van der Waals surface area contributed by atoms with Crippen LogP contribution < -0.4 is 5.73 Å². The summed E-state index contributed by atoms with van der Waals surface area (Å²) in [5.74, 6) is 0.903. The van der Waals surface area contributed by atoms with Gasteiger partial charge >= 0.3 is 0 Å². The third kappa shape index (κ3) is 2.08. The van der Waals surface area contributed by atoms with E-state index in [-0.39, 0.29) is 6.04 Å². The minimum absolute atomic E-state index is 0.0383. The quantitative estimate of drug-likeness (QED) is 0.865. The lowest BCUT2D eigenvalue weighted by Gasteiger charge is -2.05. The summed E-state index contributed by atoms with van der Waals surface area (Å²) >= 11 is 1.55. The largest absolute Gasteiger partial charge is 0.322 e. The van der Waals surface area contributed by atoms with Gasteiger partial charge < -0.3 is 5.73 Å². The van der Waals surface area contributed by atoms with Crippen molar-refractivity contribution in [2.75, 3.05) is 0 Å². The molecule has 0 radical (unpaired) electrons. The highest BCUT2D eigenvalue weighted by Gasteiger charge is 2.15. The van der Waals surface area contributed by atoms with Crippen LogP contribution in [0.2, 0.25) is 0 Å². The zero-order chi connectivity index (χ0) is 11.5. The van der Waals surface area contributed by atoms with Gasteiger partial charge in [-0.3, -0.25) is 0 Å². The SMILES string of the molecule is CCCCC(N)c1nn2c(CC)nnc2s1. The monoisotopic (exact) mass is 239 g/mol. The fourth-order valence-electron chi connectivity index (χ4n) is 1.59. The molecule has 5 nitrogen and oxygen atoms in total. The third-order valence-electron chi connectivity index (χ3n) is 2.57. The first-order chi connectivity index (χ1) is 7.76. The van der Waals surface area contributed by atoms with Gasteiger partial charge in [-0.15, -0.1) is 10.2 Å². The van der Waals surface area contributed by atoms with Crippen LogP contribution in [0.25, 0.3) is 4.96 Å². The van der Waals surface area contributed by atoms with Gasteiger partial charge in [0, 0.05) is 6.42 Å². The summed E-state index contributed by atoms with van der Waals surface area (Å²) in [4.78, 5) is 0.846. The highest BCUT2D eigenvalue weighted by molar-refractivity contribution is 7.16. The molecule has 16 heavy (non-hydrogen) atoms. The number of unbranched alkanes of at least 4 members (excludes halogenated alkanes) is 1. The first-order valence-corrected chi connectivity index (χ1v) is 6.54. The zero-order valence-electron chi connectivity index (χ0n) is 9.68. The number of fused-ring (bicyclic) bond motifs is 1. The van der Waals surface area contributed by atoms with Crippen molar-refractivity contribution in [1.82, 2.24) is 19.8 Å². The standard InChI is InChI=1S/C10H17N5S/c1-3-5-6-7(11)9-14-15-8(4-2)12-13-10(15)16-9/h7H,3-6,11H2,1-2H3. The normalized spacial score (nSPS) is 13.4. The molecule has 0 aromatic carbocycles. The van der Waals surface area contributed by atoms with E-state index >= 15 is 0 Å². The van der Waals surface area contributed by atoms with Crippen molar-refractivity contribution in [3.63, 3.8) is 0 Å². The first-order valence-electron chi connectivity index (χ1n) is 5.72. The summed E-state index contributed by atoms with van der Waals surface area (Å²) < 4.78 is 1.81. The van der Waals surface area contributed by atoms with Gasteiger partial charge in [0.15, 0.2) is 5.82 Å². The lowest BCUT2D eigenvalue weighted by Crippen LogP contribution is -2.10. The van der Waals surface area contributed by atoms with Crippen molar-refractivity contribution in [2.45, 2.75) is 45.6 Å². The number of hydrogen-bond acceptors (Lipinski definition) is 5. The molecule has 0 amide bonds. The van der Waals surface area contributed by atoms with Gasteiger partial charge in [-0.25, -0.2) is 0 Å². The molecule has 2 N–H and O–H groups in total. The maximum atomic E-state index is 6.08. The first kappa shape index (κ1) is 11.5. The maximum absolute atomic E-state index is 6.08. The fraction of sp³-hybridized carbons (Fsp3) is 0.700. The zero-order valence-corrected chi connectivity index (χ0v) is 10.5. The van der Waals surface area contributed by atoms with Gasteiger partial charge in [0.2, 0.25) is 4.96 Å². The van der Waals surface area contributed by atoms with Crippen LogP contribution in [0.4, 0.5) is 0 Å². The number of nitrogens with two attached hydrogens (primary N) is 1. The average Bonchev–Trinajstić information content (AvgIpc) is 2.84. The van der Waals surface area contributed by atoms with E-state index in [1.165, 1.54) is 0 Å². The van der Waals surface area contributed by atoms with Gasteiger partial charge in [0.1, 0.15) is 5.01 Å². The molecule has 2 aromatic heterocycles. The molecule has 0 saturated heterocycles. The molecule has 1 unspecified atom stereocenters. The van der Waals surface area contributed by atoms with Crippen molar-refractivity contribution in [2.24, 2.45) is 5.73 Å². The number of nitrogens with zero attached hydrogens (tertiary/aromatic N) is 4. The molecule has 2 heterocycles. The molecule has 0 saturated carbocycles. The van der Waals surface area contributed by atoms with Gasteiger partial charge in [-0.1, -0.05) is 38.0 Å². The van der Waals surface area contributed by atoms with E-state index in [0.717, 1.165) is 41.5 Å². The van der Waals surface area contributed by atoms with E-state index in [0.29, 0.717) is 0 Å². The Labute approximate surface area is 98.7 Å². The summed E-state index contributed by atoms with van der Waals surface area (Å²) in [6.07, 6.45) is 4.14. The van der Waals surface area contributed by atoms with Crippen molar-refractivity contribution < 1.29 is 0 Å². The van der Waals surface area contributed by atoms with E-state index in [2.05, 4.69) is 22.2 Å². The second-order valence-corrected chi connectivity index (χ2v) is 4.84. The van der Waals surface area contributed by atoms with Gasteiger partial charge in [-0.05, 0) is 6.42 Å². The number of aromatic nitrogens is 4. The predicted molar refractivity (Wildman–Crippen MR) is 64.5 cm³/mol. The predicted octanol–water partition coefficient (Wildman–Crippen LogP) is 1.94. The van der Waals surface area contributed by atoms with E-state index < -0.39 is 0 Å². The molecule has 0 aliphatic rings. The molecule has 0 aliphatic carbocycles. The Kier molecular flexibility index (Phi) is 3.50. The summed E-state index contributed by atoms with van der Waals surface area (Å²) in [5, 5.41) is 13.6. The smallest absolute Gasteiger partial charge is 0.234 e. The molecule has 1 atom stereocenters. The Hall–Kier alpha value is -1.01. The van der Waals surface area contributed by atoms with Crippen LogP contribution in [0.1, 0.15) is 50.0 Å². The number of rotatable bonds is 5. The molecule has 0 bridgehead atoms. The molecule has 0 spiro atoms. The Morgan fingerprint density at radius 3 is 2.88 bits per heavy atom. The number of aryl methyl sites for hydroxylation is 1. The average molecular weight is 239 g/mol. The van der Waals surface area contributed by atoms with Crippen LogP contribution >= 0.6 is 11.3 Å². The van der Waals surface area contributed by atoms with Crippen molar-refractivity contribution in [3.8, 4) is 0 Å². The molecule has 88 valence electrons. The Bertz CT molecular complexity index is 461. The molecule has 2 rings (SSSR count). The van der Waals surface area contributed by atoms with Crippen LogP contribution in [-0.2, 0) is 6.42 Å². The molecule has 0 fully saturated rings. The summed E-state index contributed by atoms with van der Waals surface area (Å²) in [5.41, 5.74) is 6.08. The van der Waals surface area contributed by atoms with E-state index in [1.807, 2.05) is 11.4 Å². The van der Waals surface area contributed by atoms with E-state index in [4.69, 9.17) is 5.73 Å². The minimum atomic E-state index is 0.0383. The van der Waals surface area contributed by atoms with Crippen molar-refractivity contribution in [3.05, 3.63) is 10.8 Å². The third-order valence-corrected chi connectivity index (χ3v) is 3.60. The minimum Gasteiger partial charge on any atom is -0.322 e. The summed E-state index contributed by atoms with van der Waals surface area (Å²) in [6.45, 7) is 4.22. The van der Waals surface area contributed by atoms with Gasteiger partial charge in [0.25, 0.3) is 0 Å². The lowest BCUT2D eigenvalue weighted by atomic mass is 10.1. The molecule has 6 heteroatoms. The number of hydrogen-bond donors (Lipinski definition) is 1. The Morgan fingerprint density at radius 1 is 1.38 bits per heavy atom. The lowest BCUT2D eigenvalue weighted by molar-refractivity contribution is 0.591. The van der Waals surface area contributed by atoms with Crippen LogP contribution in [0, 0.1) is 0 Å². The molecular formula is C10H17N5S.